The Morgan fingerprint density at radius 2 is 1.75 bits per heavy atom. The van der Waals surface area contributed by atoms with Crippen molar-refractivity contribution in [3.63, 3.8) is 0 Å². The number of nitrogens with zero attached hydrogens (tertiary/aromatic N) is 3. The fourth-order valence-electron chi connectivity index (χ4n) is 2.91. The summed E-state index contributed by atoms with van der Waals surface area (Å²) < 4.78 is 34.9. The Balaban J connectivity index is 1.80. The van der Waals surface area contributed by atoms with Gasteiger partial charge in [-0.15, -0.1) is 0 Å². The molecular formula is C16H22N4O3S. The van der Waals surface area contributed by atoms with Crippen molar-refractivity contribution in [3.05, 3.63) is 35.7 Å². The number of hydrogen-bond acceptors (Lipinski definition) is 5. The normalized spacial score (nSPS) is 15.5. The average molecular weight is 350 g/mol. The maximum absolute atomic E-state index is 12.7. The van der Waals surface area contributed by atoms with Gasteiger partial charge in [0.1, 0.15) is 4.90 Å². The molecule has 0 aliphatic carbocycles. The number of aryl methyl sites for hydroxylation is 2. The molecule has 1 saturated heterocycles. The molecule has 24 heavy (non-hydrogen) atoms. The highest BCUT2D eigenvalue weighted by Gasteiger charge is 2.24. The summed E-state index contributed by atoms with van der Waals surface area (Å²) in [6.07, 6.45) is 0. The zero-order chi connectivity index (χ0) is 17.3. The first-order valence-electron chi connectivity index (χ1n) is 7.84. The standard InChI is InChI=1S/C16H22N4O3S/c1-12-16(13(2)19(3)17-12)24(21,22)18-14-4-6-15(7-5-14)20-8-10-23-11-9-20/h4-7,18H,8-11H2,1-3H3. The van der Waals surface area contributed by atoms with Crippen molar-refractivity contribution >= 4 is 21.4 Å². The number of nitrogens with one attached hydrogen (secondary N) is 1. The maximum Gasteiger partial charge on any atom is 0.265 e. The Labute approximate surface area is 142 Å². The van der Waals surface area contributed by atoms with Crippen molar-refractivity contribution in [2.24, 2.45) is 7.05 Å². The predicted molar refractivity (Wildman–Crippen MR) is 93.0 cm³/mol. The third kappa shape index (κ3) is 3.25. The van der Waals surface area contributed by atoms with E-state index in [0.29, 0.717) is 30.3 Å². The summed E-state index contributed by atoms with van der Waals surface area (Å²) in [5.74, 6) is 0. The highest BCUT2D eigenvalue weighted by molar-refractivity contribution is 7.92. The molecule has 1 aromatic carbocycles. The van der Waals surface area contributed by atoms with Gasteiger partial charge in [-0.25, -0.2) is 8.42 Å². The number of morpholine rings is 1. The Morgan fingerprint density at radius 1 is 1.12 bits per heavy atom. The number of hydrogen-bond donors (Lipinski definition) is 1. The molecule has 0 bridgehead atoms. The largest absolute Gasteiger partial charge is 0.378 e. The van der Waals surface area contributed by atoms with Gasteiger partial charge in [0.2, 0.25) is 0 Å². The molecule has 7 nitrogen and oxygen atoms in total. The first-order valence-corrected chi connectivity index (χ1v) is 9.32. The van der Waals surface area contributed by atoms with E-state index < -0.39 is 10.0 Å². The number of benzene rings is 1. The van der Waals surface area contributed by atoms with Gasteiger partial charge in [0, 0.05) is 31.5 Å². The fraction of sp³-hybridized carbons (Fsp3) is 0.438. The van der Waals surface area contributed by atoms with Crippen LogP contribution in [-0.4, -0.2) is 44.5 Å². The zero-order valence-electron chi connectivity index (χ0n) is 14.1. The number of rotatable bonds is 4. The smallest absolute Gasteiger partial charge is 0.265 e. The van der Waals surface area contributed by atoms with E-state index in [0.717, 1.165) is 18.8 Å². The number of sulfonamides is 1. The summed E-state index contributed by atoms with van der Waals surface area (Å²) in [4.78, 5) is 2.46. The van der Waals surface area contributed by atoms with Crippen LogP contribution in [0, 0.1) is 13.8 Å². The second-order valence-electron chi connectivity index (χ2n) is 5.88. The molecule has 0 spiro atoms. The van der Waals surface area contributed by atoms with Crippen LogP contribution in [0.4, 0.5) is 11.4 Å². The van der Waals surface area contributed by atoms with Crippen LogP contribution in [0.15, 0.2) is 29.2 Å². The lowest BCUT2D eigenvalue weighted by Crippen LogP contribution is -2.36. The minimum atomic E-state index is -3.66. The minimum absolute atomic E-state index is 0.238. The summed E-state index contributed by atoms with van der Waals surface area (Å²) in [5.41, 5.74) is 2.71. The second kappa shape index (κ2) is 6.45. The monoisotopic (exact) mass is 350 g/mol. The summed E-state index contributed by atoms with van der Waals surface area (Å²) in [7, 11) is -1.92. The summed E-state index contributed by atoms with van der Waals surface area (Å²) in [5, 5.41) is 4.17. The zero-order valence-corrected chi connectivity index (χ0v) is 14.9. The highest BCUT2D eigenvalue weighted by atomic mass is 32.2. The lowest BCUT2D eigenvalue weighted by atomic mass is 10.2. The Bertz CT molecular complexity index is 822. The van der Waals surface area contributed by atoms with Crippen LogP contribution >= 0.6 is 0 Å². The van der Waals surface area contributed by atoms with Crippen molar-refractivity contribution in [1.82, 2.24) is 9.78 Å². The third-order valence-electron chi connectivity index (χ3n) is 4.21. The van der Waals surface area contributed by atoms with Crippen molar-refractivity contribution in [1.29, 1.82) is 0 Å². The molecule has 1 aromatic heterocycles. The van der Waals surface area contributed by atoms with Gasteiger partial charge in [-0.1, -0.05) is 0 Å². The molecule has 1 N–H and O–H groups in total. The molecule has 0 unspecified atom stereocenters. The molecule has 0 atom stereocenters. The molecule has 1 fully saturated rings. The molecular weight excluding hydrogens is 328 g/mol. The van der Waals surface area contributed by atoms with Gasteiger partial charge in [-0.3, -0.25) is 9.40 Å². The summed E-state index contributed by atoms with van der Waals surface area (Å²) >= 11 is 0. The molecule has 0 amide bonds. The van der Waals surface area contributed by atoms with E-state index in [-0.39, 0.29) is 4.90 Å². The van der Waals surface area contributed by atoms with Gasteiger partial charge in [-0.05, 0) is 38.1 Å². The molecule has 2 aromatic rings. The Morgan fingerprint density at radius 3 is 2.29 bits per heavy atom. The summed E-state index contributed by atoms with van der Waals surface area (Å²) in [6.45, 7) is 6.57. The summed E-state index contributed by atoms with van der Waals surface area (Å²) in [6, 6.07) is 7.41. The Hall–Kier alpha value is -2.06. The molecule has 1 aliphatic rings. The number of aromatic nitrogens is 2. The molecule has 8 heteroatoms. The predicted octanol–water partition coefficient (Wildman–Crippen LogP) is 1.67. The first-order chi connectivity index (χ1) is 11.4. The van der Waals surface area contributed by atoms with Gasteiger partial charge in [0.05, 0.1) is 24.6 Å². The van der Waals surface area contributed by atoms with Crippen molar-refractivity contribution < 1.29 is 13.2 Å². The van der Waals surface area contributed by atoms with Crippen LogP contribution in [0.25, 0.3) is 0 Å². The molecule has 2 heterocycles. The molecule has 0 saturated carbocycles. The average Bonchev–Trinajstić information content (AvgIpc) is 2.81. The minimum Gasteiger partial charge on any atom is -0.378 e. The van der Waals surface area contributed by atoms with Gasteiger partial charge in [0.25, 0.3) is 10.0 Å². The van der Waals surface area contributed by atoms with Gasteiger partial charge >= 0.3 is 0 Å². The molecule has 130 valence electrons. The number of anilines is 2. The van der Waals surface area contributed by atoms with E-state index in [1.54, 1.807) is 37.7 Å². The van der Waals surface area contributed by atoms with Crippen LogP contribution < -0.4 is 9.62 Å². The van der Waals surface area contributed by atoms with E-state index in [1.807, 2.05) is 12.1 Å². The van der Waals surface area contributed by atoms with Crippen LogP contribution in [0.3, 0.4) is 0 Å². The van der Waals surface area contributed by atoms with Crippen molar-refractivity contribution in [2.75, 3.05) is 35.9 Å². The van der Waals surface area contributed by atoms with E-state index in [2.05, 4.69) is 14.7 Å². The molecule has 1 aliphatic heterocycles. The molecule has 3 rings (SSSR count). The van der Waals surface area contributed by atoms with Crippen molar-refractivity contribution in [2.45, 2.75) is 18.7 Å². The SMILES string of the molecule is Cc1nn(C)c(C)c1S(=O)(=O)Nc1ccc(N2CCOCC2)cc1. The van der Waals surface area contributed by atoms with Gasteiger partial charge in [-0.2, -0.15) is 5.10 Å². The van der Waals surface area contributed by atoms with E-state index in [1.165, 1.54) is 0 Å². The highest BCUT2D eigenvalue weighted by Crippen LogP contribution is 2.24. The lowest BCUT2D eigenvalue weighted by Gasteiger charge is -2.28. The quantitative estimate of drug-likeness (QED) is 0.908. The van der Waals surface area contributed by atoms with E-state index in [9.17, 15) is 8.42 Å². The maximum atomic E-state index is 12.7. The first kappa shape index (κ1) is 16.8. The van der Waals surface area contributed by atoms with Crippen LogP contribution in [0.5, 0.6) is 0 Å². The van der Waals surface area contributed by atoms with E-state index >= 15 is 0 Å². The second-order valence-corrected chi connectivity index (χ2v) is 7.49. The van der Waals surface area contributed by atoms with Crippen LogP contribution in [0.1, 0.15) is 11.4 Å². The molecule has 0 radical (unpaired) electrons. The van der Waals surface area contributed by atoms with Crippen LogP contribution in [0.2, 0.25) is 0 Å². The van der Waals surface area contributed by atoms with Crippen molar-refractivity contribution in [3.8, 4) is 0 Å². The third-order valence-corrected chi connectivity index (χ3v) is 5.84. The topological polar surface area (TPSA) is 76.5 Å². The van der Waals surface area contributed by atoms with Crippen LogP contribution in [-0.2, 0) is 21.8 Å². The van der Waals surface area contributed by atoms with Gasteiger partial charge in [0.15, 0.2) is 0 Å². The van der Waals surface area contributed by atoms with Gasteiger partial charge < -0.3 is 9.64 Å². The Kier molecular flexibility index (Phi) is 4.51. The fourth-order valence-corrected chi connectivity index (χ4v) is 4.41. The number of ether oxygens (including phenoxy) is 1. The van der Waals surface area contributed by atoms with E-state index in [4.69, 9.17) is 4.74 Å². The lowest BCUT2D eigenvalue weighted by molar-refractivity contribution is 0.122.